The van der Waals surface area contributed by atoms with E-state index in [-0.39, 0.29) is 11.2 Å². The highest BCUT2D eigenvalue weighted by molar-refractivity contribution is 5.96. The Morgan fingerprint density at radius 1 is 0.718 bits per heavy atom. The fourth-order valence-corrected chi connectivity index (χ4v) is 5.02. The average Bonchev–Trinajstić information content (AvgIpc) is 3.33. The summed E-state index contributed by atoms with van der Waals surface area (Å²) in [4.78, 5) is 9.85. The van der Waals surface area contributed by atoms with Crippen LogP contribution in [0.4, 0.5) is 0 Å². The van der Waals surface area contributed by atoms with Gasteiger partial charge in [-0.05, 0) is 71.5 Å². The molecule has 0 radical (unpaired) electrons. The lowest BCUT2D eigenvalue weighted by Gasteiger charge is -2.20. The number of hydrogen-bond donors (Lipinski definition) is 1. The van der Waals surface area contributed by atoms with Crippen LogP contribution in [0.3, 0.4) is 0 Å². The Morgan fingerprint density at radius 3 is 2.23 bits per heavy atom. The fraction of sp³-hybridized carbons (Fsp3) is 0.143. The normalized spacial score (nSPS) is 11.7. The van der Waals surface area contributed by atoms with Gasteiger partial charge < -0.3 is 5.11 Å². The molecule has 192 valence electrons. The molecule has 1 N–H and O–H groups in total. The highest BCUT2D eigenvalue weighted by atomic mass is 16.3. The SMILES string of the molecule is Cc1ccc(-c2cccc(-c3cccc4c3nc(-c3cc(C(C)(C)C)ccc3O)n4-c3ccccc3)c2)nc1. The van der Waals surface area contributed by atoms with E-state index in [1.165, 1.54) is 0 Å². The summed E-state index contributed by atoms with van der Waals surface area (Å²) in [6.07, 6.45) is 1.90. The first-order chi connectivity index (χ1) is 18.8. The smallest absolute Gasteiger partial charge is 0.149 e. The van der Waals surface area contributed by atoms with Gasteiger partial charge in [0.15, 0.2) is 0 Å². The molecular weight excluding hydrogens is 478 g/mol. The second kappa shape index (κ2) is 9.55. The monoisotopic (exact) mass is 509 g/mol. The van der Waals surface area contributed by atoms with Gasteiger partial charge in [0.25, 0.3) is 0 Å². The average molecular weight is 510 g/mol. The Morgan fingerprint density at radius 2 is 1.49 bits per heavy atom. The Labute approximate surface area is 229 Å². The summed E-state index contributed by atoms with van der Waals surface area (Å²) in [5.74, 6) is 0.924. The highest BCUT2D eigenvalue weighted by Crippen LogP contribution is 2.39. The fourth-order valence-electron chi connectivity index (χ4n) is 5.02. The van der Waals surface area contributed by atoms with Crippen molar-refractivity contribution in [3.05, 3.63) is 120 Å². The molecule has 0 fully saturated rings. The minimum atomic E-state index is -0.0678. The molecule has 39 heavy (non-hydrogen) atoms. The predicted octanol–water partition coefficient (Wildman–Crippen LogP) is 8.73. The summed E-state index contributed by atoms with van der Waals surface area (Å²) < 4.78 is 2.14. The van der Waals surface area contributed by atoms with Crippen molar-refractivity contribution in [3.63, 3.8) is 0 Å². The number of benzene rings is 4. The Bertz CT molecular complexity index is 1790. The van der Waals surface area contributed by atoms with E-state index < -0.39 is 0 Å². The summed E-state index contributed by atoms with van der Waals surface area (Å²) in [5.41, 5.74) is 9.87. The quantitative estimate of drug-likeness (QED) is 0.258. The third-order valence-electron chi connectivity index (χ3n) is 7.18. The van der Waals surface area contributed by atoms with Crippen LogP contribution >= 0.6 is 0 Å². The number of hydrogen-bond acceptors (Lipinski definition) is 3. The molecule has 0 aliphatic carbocycles. The molecular formula is C35H31N3O. The third-order valence-corrected chi connectivity index (χ3v) is 7.18. The number of aromatic nitrogens is 3. The number of nitrogens with zero attached hydrogens (tertiary/aromatic N) is 3. The largest absolute Gasteiger partial charge is 0.507 e. The summed E-state index contributed by atoms with van der Waals surface area (Å²) >= 11 is 0. The molecule has 4 aromatic carbocycles. The van der Waals surface area contributed by atoms with Gasteiger partial charge in [0.2, 0.25) is 0 Å². The van der Waals surface area contributed by atoms with E-state index in [2.05, 4.69) is 103 Å². The van der Waals surface area contributed by atoms with Gasteiger partial charge in [0.05, 0.1) is 22.3 Å². The standard InChI is InChI=1S/C35H31N3O/c1-23-16-18-30(36-22-23)25-11-8-10-24(20-25)28-14-9-15-31-33(28)37-34(38(31)27-12-6-5-7-13-27)29-21-26(35(2,3)4)17-19-32(29)39/h5-22,39H,1-4H3. The zero-order chi connectivity index (χ0) is 27.1. The van der Waals surface area contributed by atoms with Gasteiger partial charge in [0, 0.05) is 23.0 Å². The van der Waals surface area contributed by atoms with Crippen molar-refractivity contribution in [3.8, 4) is 45.2 Å². The van der Waals surface area contributed by atoms with E-state index in [1.807, 2.05) is 37.4 Å². The lowest BCUT2D eigenvalue weighted by atomic mass is 9.86. The molecule has 0 amide bonds. The first-order valence-electron chi connectivity index (χ1n) is 13.2. The first-order valence-corrected chi connectivity index (χ1v) is 13.2. The minimum Gasteiger partial charge on any atom is -0.507 e. The summed E-state index contributed by atoms with van der Waals surface area (Å²) in [6, 6.07) is 34.9. The van der Waals surface area contributed by atoms with Crippen LogP contribution in [0, 0.1) is 6.92 Å². The number of aryl methyl sites for hydroxylation is 1. The van der Waals surface area contributed by atoms with Crippen LogP contribution in [0.25, 0.3) is 50.5 Å². The summed E-state index contributed by atoms with van der Waals surface area (Å²) in [5, 5.41) is 11.1. The second-order valence-corrected chi connectivity index (χ2v) is 11.1. The van der Waals surface area contributed by atoms with Gasteiger partial charge in [-0.15, -0.1) is 0 Å². The van der Waals surface area contributed by atoms with E-state index in [1.54, 1.807) is 6.07 Å². The van der Waals surface area contributed by atoms with Crippen molar-refractivity contribution in [1.29, 1.82) is 0 Å². The van der Waals surface area contributed by atoms with Gasteiger partial charge in [-0.25, -0.2) is 4.98 Å². The molecule has 4 nitrogen and oxygen atoms in total. The van der Waals surface area contributed by atoms with E-state index >= 15 is 0 Å². The maximum absolute atomic E-state index is 11.1. The molecule has 2 heterocycles. The molecule has 0 aliphatic rings. The van der Waals surface area contributed by atoms with Crippen LogP contribution in [-0.4, -0.2) is 19.6 Å². The maximum Gasteiger partial charge on any atom is 0.149 e. The molecule has 2 aromatic heterocycles. The highest BCUT2D eigenvalue weighted by Gasteiger charge is 2.22. The number of rotatable bonds is 4. The number of para-hydroxylation sites is 2. The van der Waals surface area contributed by atoms with Crippen molar-refractivity contribution in [1.82, 2.24) is 14.5 Å². The van der Waals surface area contributed by atoms with Crippen molar-refractivity contribution < 1.29 is 5.11 Å². The van der Waals surface area contributed by atoms with Crippen molar-refractivity contribution in [2.24, 2.45) is 0 Å². The lowest BCUT2D eigenvalue weighted by molar-refractivity contribution is 0.475. The maximum atomic E-state index is 11.1. The molecule has 6 rings (SSSR count). The van der Waals surface area contributed by atoms with Crippen LogP contribution in [0.5, 0.6) is 5.75 Å². The van der Waals surface area contributed by atoms with Crippen molar-refractivity contribution >= 4 is 11.0 Å². The number of phenolic OH excluding ortho intramolecular Hbond substituents is 1. The van der Waals surface area contributed by atoms with Crippen LogP contribution in [0.1, 0.15) is 31.9 Å². The molecule has 4 heteroatoms. The van der Waals surface area contributed by atoms with Gasteiger partial charge >= 0.3 is 0 Å². The van der Waals surface area contributed by atoms with Gasteiger partial charge in [0.1, 0.15) is 11.6 Å². The molecule has 6 aromatic rings. The molecule has 0 bridgehead atoms. The van der Waals surface area contributed by atoms with Crippen molar-refractivity contribution in [2.75, 3.05) is 0 Å². The summed E-state index contributed by atoms with van der Waals surface area (Å²) in [6.45, 7) is 8.58. The molecule has 0 spiro atoms. The predicted molar refractivity (Wildman–Crippen MR) is 160 cm³/mol. The molecule has 0 unspecified atom stereocenters. The number of fused-ring (bicyclic) bond motifs is 1. The lowest BCUT2D eigenvalue weighted by Crippen LogP contribution is -2.11. The number of aromatic hydroxyl groups is 1. The summed E-state index contributed by atoms with van der Waals surface area (Å²) in [7, 11) is 0. The Kier molecular flexibility index (Phi) is 6.03. The number of imidazole rings is 1. The zero-order valence-corrected chi connectivity index (χ0v) is 22.7. The van der Waals surface area contributed by atoms with E-state index in [0.717, 1.165) is 50.2 Å². The Balaban J connectivity index is 1.60. The topological polar surface area (TPSA) is 50.9 Å². The molecule has 0 saturated heterocycles. The zero-order valence-electron chi connectivity index (χ0n) is 22.7. The number of phenols is 1. The van der Waals surface area contributed by atoms with Crippen LogP contribution in [-0.2, 0) is 5.41 Å². The second-order valence-electron chi connectivity index (χ2n) is 11.1. The Hall–Kier alpha value is -4.70. The first kappa shape index (κ1) is 24.6. The third kappa shape index (κ3) is 4.59. The van der Waals surface area contributed by atoms with E-state index in [0.29, 0.717) is 11.4 Å². The van der Waals surface area contributed by atoms with Gasteiger partial charge in [-0.2, -0.15) is 0 Å². The van der Waals surface area contributed by atoms with E-state index in [9.17, 15) is 5.11 Å². The molecule has 0 aliphatic heterocycles. The van der Waals surface area contributed by atoms with Crippen molar-refractivity contribution in [2.45, 2.75) is 33.1 Å². The van der Waals surface area contributed by atoms with Gasteiger partial charge in [-0.3, -0.25) is 9.55 Å². The van der Waals surface area contributed by atoms with Crippen LogP contribution in [0.15, 0.2) is 109 Å². The van der Waals surface area contributed by atoms with E-state index in [4.69, 9.17) is 4.98 Å². The van der Waals surface area contributed by atoms with Crippen LogP contribution in [0.2, 0.25) is 0 Å². The molecule has 0 saturated carbocycles. The minimum absolute atomic E-state index is 0.0678. The van der Waals surface area contributed by atoms with Gasteiger partial charge in [-0.1, -0.05) is 81.4 Å². The number of pyridine rings is 1. The molecule has 0 atom stereocenters. The van der Waals surface area contributed by atoms with Crippen LogP contribution < -0.4 is 0 Å².